The number of aliphatic carboxylic acids is 1. The molecule has 0 saturated carbocycles. The minimum atomic E-state index is -1.57. The van der Waals surface area contributed by atoms with E-state index in [0.29, 0.717) is 11.3 Å². The summed E-state index contributed by atoms with van der Waals surface area (Å²) in [5, 5.41) is 17.9. The van der Waals surface area contributed by atoms with Crippen molar-refractivity contribution in [3.05, 3.63) is 75.4 Å². The third-order valence-electron chi connectivity index (χ3n) is 7.83. The summed E-state index contributed by atoms with van der Waals surface area (Å²) in [5.74, 6) is -3.07. The number of ether oxygens (including phenoxy) is 1. The van der Waals surface area contributed by atoms with Crippen LogP contribution in [0, 0.1) is 0 Å². The van der Waals surface area contributed by atoms with E-state index in [4.69, 9.17) is 4.74 Å². The predicted octanol–water partition coefficient (Wildman–Crippen LogP) is -2.14. The smallest absolute Gasteiger partial charge is 0.543 e. The van der Waals surface area contributed by atoms with Crippen LogP contribution >= 0.6 is 27.7 Å². The summed E-state index contributed by atoms with van der Waals surface area (Å²) in [6.45, 7) is 1.11. The van der Waals surface area contributed by atoms with Crippen LogP contribution in [-0.2, 0) is 30.3 Å². The Hall–Kier alpha value is -3.41. The number of β-lactam (4-membered cyclic amide) rings is 1. The van der Waals surface area contributed by atoms with Crippen LogP contribution in [0.15, 0.2) is 64.3 Å². The fraction of sp³-hybridized carbons (Fsp3) is 0.310. The van der Waals surface area contributed by atoms with E-state index in [1.165, 1.54) is 23.7 Å². The first-order chi connectivity index (χ1) is 21.5. The molecule has 4 aliphatic rings. The summed E-state index contributed by atoms with van der Waals surface area (Å²) in [4.78, 5) is 76.7. The van der Waals surface area contributed by atoms with Gasteiger partial charge in [-0.15, -0.1) is 11.8 Å². The van der Waals surface area contributed by atoms with Crippen molar-refractivity contribution in [2.24, 2.45) is 0 Å². The molecular weight excluding hydrogens is 695 g/mol. The van der Waals surface area contributed by atoms with Crippen LogP contribution < -0.4 is 50.7 Å². The molecule has 3 fully saturated rings. The molecule has 0 radical (unpaired) electrons. The second-order valence-electron chi connectivity index (χ2n) is 10.8. The average Bonchev–Trinajstić information content (AvgIpc) is 3.24. The molecule has 17 heteroatoms. The van der Waals surface area contributed by atoms with Crippen LogP contribution in [0.4, 0.5) is 15.3 Å². The van der Waals surface area contributed by atoms with E-state index in [1.807, 2.05) is 24.3 Å². The maximum absolute atomic E-state index is 13.0. The number of carboxylic acids is 1. The van der Waals surface area contributed by atoms with E-state index >= 15 is 0 Å². The van der Waals surface area contributed by atoms with Crippen LogP contribution in [0.2, 0.25) is 0 Å². The molecule has 3 unspecified atom stereocenters. The molecule has 4 heterocycles. The van der Waals surface area contributed by atoms with E-state index in [9.17, 15) is 33.9 Å². The number of carboxylic acid groups (broad SMARTS) is 1. The summed E-state index contributed by atoms with van der Waals surface area (Å²) in [5.41, 5.74) is 4.90. The number of benzene rings is 2. The number of rotatable bonds is 8. The van der Waals surface area contributed by atoms with Crippen molar-refractivity contribution in [1.82, 2.24) is 25.6 Å². The number of amides is 6. The Morgan fingerprint density at radius 1 is 1.13 bits per heavy atom. The van der Waals surface area contributed by atoms with Crippen LogP contribution in [0.25, 0.3) is 0 Å². The van der Waals surface area contributed by atoms with Crippen molar-refractivity contribution in [2.75, 3.05) is 24.2 Å². The zero-order valence-electron chi connectivity index (χ0n) is 24.7. The van der Waals surface area contributed by atoms with Gasteiger partial charge in [0, 0.05) is 28.4 Å². The standard InChI is InChI=1S/C29H27BrN6O8S.Na/c1-14(37)44-12-17-13-45-26-23(25(39)35(26)24(17)27(40)41)32-21(38)10-15-3-2-4-19(9-15)31-28(42)34-11-20-22(33-36(20)29(34)43)16-5-7-18(30)8-6-16;/h2-9,20,22-23,26,33H,10-13H2,1H3,(H,31,42)(H,32,38)(H,40,41);/q;+1/p-1/t20?,22?,23?,26-;/m0./s1. The number of hydrogen-bond acceptors (Lipinski definition) is 10. The van der Waals surface area contributed by atoms with Crippen LogP contribution in [-0.4, -0.2) is 87.0 Å². The molecule has 6 rings (SSSR count). The fourth-order valence-corrected chi connectivity index (χ4v) is 7.24. The van der Waals surface area contributed by atoms with E-state index in [-0.39, 0.29) is 78.2 Å². The Bertz CT molecular complexity index is 1660. The maximum atomic E-state index is 13.0. The topological polar surface area (TPSA) is 181 Å². The van der Waals surface area contributed by atoms with Crippen molar-refractivity contribution in [1.29, 1.82) is 0 Å². The SMILES string of the molecule is CC(=O)OCC1=C(C(=O)[O-])N2C(=O)C(NC(=O)Cc3cccc(NC(=O)N4CC5C(c6ccc(Br)cc6)NN5C4=O)c3)[C@@H]2SC1.[Na+]. The fourth-order valence-electron chi connectivity index (χ4n) is 5.65. The molecule has 3 N–H and O–H groups in total. The Labute approximate surface area is 297 Å². The monoisotopic (exact) mass is 720 g/mol. The first-order valence-electron chi connectivity index (χ1n) is 13.8. The number of nitrogens with one attached hydrogen (secondary N) is 3. The zero-order valence-corrected chi connectivity index (χ0v) is 29.1. The van der Waals surface area contributed by atoms with Crippen molar-refractivity contribution < 1.29 is 68.2 Å². The molecule has 234 valence electrons. The summed E-state index contributed by atoms with van der Waals surface area (Å²) in [6, 6.07) is 12.0. The third kappa shape index (κ3) is 6.55. The summed E-state index contributed by atoms with van der Waals surface area (Å²) in [6.07, 6.45) is -0.122. The second-order valence-corrected chi connectivity index (χ2v) is 12.8. The van der Waals surface area contributed by atoms with Gasteiger partial charge in [0.05, 0.1) is 36.7 Å². The molecule has 0 aromatic heterocycles. The minimum Gasteiger partial charge on any atom is -0.543 e. The Kier molecular flexibility index (Phi) is 10.1. The average molecular weight is 722 g/mol. The molecule has 3 saturated heterocycles. The largest absolute Gasteiger partial charge is 1.00 e. The van der Waals surface area contributed by atoms with Crippen molar-refractivity contribution >= 4 is 69.2 Å². The number of hydrazine groups is 1. The molecule has 14 nitrogen and oxygen atoms in total. The van der Waals surface area contributed by atoms with Gasteiger partial charge in [0.15, 0.2) is 0 Å². The summed E-state index contributed by atoms with van der Waals surface area (Å²) in [7, 11) is 0. The molecule has 6 amide bonds. The van der Waals surface area contributed by atoms with Gasteiger partial charge in [0.2, 0.25) is 5.91 Å². The zero-order chi connectivity index (χ0) is 32.0. The molecule has 4 atom stereocenters. The first-order valence-corrected chi connectivity index (χ1v) is 15.7. The number of anilines is 1. The first kappa shape index (κ1) is 33.9. The van der Waals surface area contributed by atoms with Gasteiger partial charge in [-0.25, -0.2) is 19.9 Å². The van der Waals surface area contributed by atoms with Gasteiger partial charge in [0.25, 0.3) is 5.91 Å². The van der Waals surface area contributed by atoms with Gasteiger partial charge in [-0.3, -0.25) is 24.3 Å². The van der Waals surface area contributed by atoms with Gasteiger partial charge in [0.1, 0.15) is 18.0 Å². The third-order valence-corrected chi connectivity index (χ3v) is 9.69. The van der Waals surface area contributed by atoms with Crippen molar-refractivity contribution in [3.63, 3.8) is 0 Å². The Morgan fingerprint density at radius 3 is 2.57 bits per heavy atom. The number of thioether (sulfide) groups is 1. The molecule has 46 heavy (non-hydrogen) atoms. The van der Waals surface area contributed by atoms with Gasteiger partial charge < -0.3 is 25.3 Å². The molecule has 0 spiro atoms. The summed E-state index contributed by atoms with van der Waals surface area (Å²) < 4.78 is 5.84. The number of fused-ring (bicyclic) bond motifs is 2. The second kappa shape index (κ2) is 13.8. The number of imide groups is 1. The molecular formula is C29H26BrN6NaO8S. The molecule has 0 aliphatic carbocycles. The van der Waals surface area contributed by atoms with E-state index < -0.39 is 47.2 Å². The van der Waals surface area contributed by atoms with E-state index in [0.717, 1.165) is 19.8 Å². The number of carbonyl (C=O) groups is 6. The Morgan fingerprint density at radius 2 is 1.87 bits per heavy atom. The van der Waals surface area contributed by atoms with Crippen LogP contribution in [0.5, 0.6) is 0 Å². The Balaban J connectivity index is 0.00000417. The molecule has 2 aromatic rings. The summed E-state index contributed by atoms with van der Waals surface area (Å²) >= 11 is 4.65. The van der Waals surface area contributed by atoms with Crippen molar-refractivity contribution in [3.8, 4) is 0 Å². The maximum Gasteiger partial charge on any atom is 1.00 e. The minimum absolute atomic E-state index is 0. The van der Waals surface area contributed by atoms with Crippen LogP contribution in [0.3, 0.4) is 0 Å². The predicted molar refractivity (Wildman–Crippen MR) is 161 cm³/mol. The van der Waals surface area contributed by atoms with E-state index in [2.05, 4.69) is 32.0 Å². The van der Waals surface area contributed by atoms with Gasteiger partial charge in [-0.05, 0) is 35.4 Å². The molecule has 0 bridgehead atoms. The molecule has 4 aliphatic heterocycles. The number of esters is 1. The quantitative estimate of drug-likeness (QED) is 0.155. The van der Waals surface area contributed by atoms with Gasteiger partial charge >= 0.3 is 47.6 Å². The number of hydrogen-bond donors (Lipinski definition) is 3. The van der Waals surface area contributed by atoms with Crippen LogP contribution in [0.1, 0.15) is 24.1 Å². The number of urea groups is 2. The van der Waals surface area contributed by atoms with Gasteiger partial charge in [-0.1, -0.05) is 40.2 Å². The number of halogens is 1. The normalized spacial score (nSPS) is 23.0. The van der Waals surface area contributed by atoms with E-state index in [1.54, 1.807) is 24.3 Å². The van der Waals surface area contributed by atoms with Gasteiger partial charge in [-0.2, -0.15) is 0 Å². The number of carbonyl (C=O) groups excluding carboxylic acids is 6. The molecule has 2 aromatic carbocycles. The van der Waals surface area contributed by atoms with Crippen molar-refractivity contribution in [2.45, 2.75) is 36.8 Å². The number of nitrogens with zero attached hydrogens (tertiary/aromatic N) is 3.